The fraction of sp³-hybridized carbons (Fsp3) is 0.273. The minimum Gasteiger partial charge on any atom is -0.337 e. The Morgan fingerprint density at radius 3 is 2.53 bits per heavy atom. The summed E-state index contributed by atoms with van der Waals surface area (Å²) < 4.78 is 18.3. The molecule has 0 saturated carbocycles. The number of rotatable bonds is 7. The number of nitrogens with zero attached hydrogens (tertiary/aromatic N) is 3. The highest BCUT2D eigenvalue weighted by molar-refractivity contribution is 6.07. The molecule has 2 heterocycles. The molecule has 154 valence electrons. The lowest BCUT2D eigenvalue weighted by Gasteiger charge is -2.27. The molecule has 1 aliphatic heterocycles. The van der Waals surface area contributed by atoms with Gasteiger partial charge in [0.25, 0.3) is 5.91 Å². The van der Waals surface area contributed by atoms with E-state index in [1.807, 2.05) is 37.3 Å². The van der Waals surface area contributed by atoms with Gasteiger partial charge in [0, 0.05) is 5.56 Å². The molecule has 0 radical (unpaired) electrons. The Hall–Kier alpha value is -3.55. The maximum atomic E-state index is 13.4. The summed E-state index contributed by atoms with van der Waals surface area (Å²) in [6.45, 7) is 1.90. The van der Waals surface area contributed by atoms with Gasteiger partial charge in [0.1, 0.15) is 17.9 Å². The molecule has 1 saturated heterocycles. The molecule has 1 aromatic heterocycles. The van der Waals surface area contributed by atoms with Crippen molar-refractivity contribution < 1.29 is 18.5 Å². The third-order valence-electron chi connectivity index (χ3n) is 5.21. The summed E-state index contributed by atoms with van der Waals surface area (Å²) in [6, 6.07) is 14.4. The van der Waals surface area contributed by atoms with Crippen LogP contribution in [0.15, 0.2) is 59.1 Å². The molecule has 3 amide bonds. The lowest BCUT2D eigenvalue weighted by atomic mass is 9.85. The second-order valence-corrected chi connectivity index (χ2v) is 7.21. The van der Waals surface area contributed by atoms with E-state index in [9.17, 15) is 14.0 Å². The highest BCUT2D eigenvalue weighted by Crippen LogP contribution is 2.34. The summed E-state index contributed by atoms with van der Waals surface area (Å²) in [5, 5.41) is 6.76. The summed E-state index contributed by atoms with van der Waals surface area (Å²) in [7, 11) is 0. The smallest absolute Gasteiger partial charge is 0.325 e. The van der Waals surface area contributed by atoms with Gasteiger partial charge >= 0.3 is 6.03 Å². The zero-order chi connectivity index (χ0) is 21.1. The molecule has 4 rings (SSSR count). The Morgan fingerprint density at radius 2 is 1.83 bits per heavy atom. The molecule has 2 aromatic carbocycles. The number of halogens is 1. The summed E-state index contributed by atoms with van der Waals surface area (Å²) in [5.41, 5.74) is 0.218. The average molecular weight is 408 g/mol. The molecule has 0 bridgehead atoms. The molecule has 1 aliphatic rings. The Morgan fingerprint density at radius 1 is 1.10 bits per heavy atom. The van der Waals surface area contributed by atoms with E-state index in [1.165, 1.54) is 24.3 Å². The summed E-state index contributed by atoms with van der Waals surface area (Å²) in [5.74, 6) is -0.325. The van der Waals surface area contributed by atoms with Crippen LogP contribution in [0.1, 0.15) is 37.6 Å². The lowest BCUT2D eigenvalue weighted by molar-refractivity contribution is -0.132. The van der Waals surface area contributed by atoms with Gasteiger partial charge in [-0.15, -0.1) is 0 Å². The maximum Gasteiger partial charge on any atom is 0.325 e. The van der Waals surface area contributed by atoms with Crippen LogP contribution < -0.4 is 5.32 Å². The van der Waals surface area contributed by atoms with Crippen LogP contribution in [0.25, 0.3) is 11.4 Å². The second-order valence-electron chi connectivity index (χ2n) is 7.21. The van der Waals surface area contributed by atoms with E-state index in [4.69, 9.17) is 4.52 Å². The Bertz CT molecular complexity index is 1050. The first-order valence-electron chi connectivity index (χ1n) is 9.81. The molecule has 30 heavy (non-hydrogen) atoms. The van der Waals surface area contributed by atoms with E-state index in [2.05, 4.69) is 15.5 Å². The number of carbonyl (C=O) groups is 2. The quantitative estimate of drug-likeness (QED) is 0.597. The van der Waals surface area contributed by atoms with E-state index < -0.39 is 11.6 Å². The van der Waals surface area contributed by atoms with E-state index in [0.717, 1.165) is 23.3 Å². The minimum atomic E-state index is -1.10. The van der Waals surface area contributed by atoms with Gasteiger partial charge in [-0.3, -0.25) is 9.69 Å². The summed E-state index contributed by atoms with van der Waals surface area (Å²) in [6.07, 6.45) is 2.17. The molecule has 1 atom stereocenters. The number of benzene rings is 2. The first-order chi connectivity index (χ1) is 14.5. The van der Waals surface area contributed by atoms with Crippen LogP contribution in [-0.2, 0) is 16.9 Å². The van der Waals surface area contributed by atoms with Crippen molar-refractivity contribution in [2.45, 2.75) is 38.3 Å². The standard InChI is InChI=1S/C22H21FN4O3/c1-2-3-13-22(16-7-5-4-6-8-16)20(28)27(21(29)25-22)14-18-24-19(26-30-18)15-9-11-17(23)12-10-15/h4-12H,2-3,13-14H2,1H3,(H,25,29). The number of hydrogen-bond donors (Lipinski definition) is 1. The van der Waals surface area contributed by atoms with Crippen LogP contribution in [0.3, 0.4) is 0 Å². The Labute approximate surface area is 172 Å². The number of urea groups is 1. The van der Waals surface area contributed by atoms with Gasteiger partial charge < -0.3 is 9.84 Å². The monoisotopic (exact) mass is 408 g/mol. The van der Waals surface area contributed by atoms with E-state index in [1.54, 1.807) is 0 Å². The maximum absolute atomic E-state index is 13.4. The molecule has 3 aromatic rings. The Balaban J connectivity index is 1.59. The third kappa shape index (κ3) is 3.56. The molecule has 1 unspecified atom stereocenters. The van der Waals surface area contributed by atoms with Gasteiger partial charge in [0.15, 0.2) is 0 Å². The fourth-order valence-corrected chi connectivity index (χ4v) is 3.61. The minimum absolute atomic E-state index is 0.122. The first kappa shape index (κ1) is 19.8. The molecular weight excluding hydrogens is 387 g/mol. The largest absolute Gasteiger partial charge is 0.337 e. The predicted molar refractivity (Wildman–Crippen MR) is 106 cm³/mol. The topological polar surface area (TPSA) is 88.3 Å². The predicted octanol–water partition coefficient (Wildman–Crippen LogP) is 4.01. The zero-order valence-electron chi connectivity index (χ0n) is 16.5. The number of nitrogens with one attached hydrogen (secondary N) is 1. The SMILES string of the molecule is CCCCC1(c2ccccc2)NC(=O)N(Cc2nc(-c3ccc(F)cc3)no2)C1=O. The van der Waals surface area contributed by atoms with E-state index in [0.29, 0.717) is 12.0 Å². The second kappa shape index (κ2) is 8.06. The molecule has 1 fully saturated rings. The average Bonchev–Trinajstić information content (AvgIpc) is 3.32. The molecule has 0 aliphatic carbocycles. The van der Waals surface area contributed by atoms with Crippen LogP contribution in [0.5, 0.6) is 0 Å². The summed E-state index contributed by atoms with van der Waals surface area (Å²) >= 11 is 0. The lowest BCUT2D eigenvalue weighted by Crippen LogP contribution is -2.44. The zero-order valence-corrected chi connectivity index (χ0v) is 16.5. The molecule has 0 spiro atoms. The number of imide groups is 1. The fourth-order valence-electron chi connectivity index (χ4n) is 3.61. The van der Waals surface area contributed by atoms with Crippen molar-refractivity contribution in [2.24, 2.45) is 0 Å². The molecule has 7 nitrogen and oxygen atoms in total. The van der Waals surface area contributed by atoms with Gasteiger partial charge in [-0.25, -0.2) is 9.18 Å². The number of carbonyl (C=O) groups excluding carboxylic acids is 2. The van der Waals surface area contributed by atoms with Gasteiger partial charge in [-0.1, -0.05) is 55.3 Å². The molecule has 8 heteroatoms. The highest BCUT2D eigenvalue weighted by atomic mass is 19.1. The van der Waals surface area contributed by atoms with Gasteiger partial charge in [-0.05, 0) is 36.2 Å². The highest BCUT2D eigenvalue weighted by Gasteiger charge is 2.52. The van der Waals surface area contributed by atoms with Crippen molar-refractivity contribution in [3.05, 3.63) is 71.9 Å². The van der Waals surface area contributed by atoms with Crippen molar-refractivity contribution in [1.82, 2.24) is 20.4 Å². The number of amides is 3. The van der Waals surface area contributed by atoms with Crippen molar-refractivity contribution in [3.8, 4) is 11.4 Å². The number of unbranched alkanes of at least 4 members (excludes halogenated alkanes) is 1. The van der Waals surface area contributed by atoms with Crippen LogP contribution >= 0.6 is 0 Å². The van der Waals surface area contributed by atoms with Crippen LogP contribution in [0.2, 0.25) is 0 Å². The van der Waals surface area contributed by atoms with Crippen molar-refractivity contribution in [2.75, 3.05) is 0 Å². The molecule has 1 N–H and O–H groups in total. The summed E-state index contributed by atoms with van der Waals surface area (Å²) in [4.78, 5) is 31.4. The number of hydrogen-bond acceptors (Lipinski definition) is 5. The van der Waals surface area contributed by atoms with Crippen LogP contribution in [0.4, 0.5) is 9.18 Å². The normalized spacial score (nSPS) is 18.7. The van der Waals surface area contributed by atoms with Crippen molar-refractivity contribution in [3.63, 3.8) is 0 Å². The number of aromatic nitrogens is 2. The first-order valence-corrected chi connectivity index (χ1v) is 9.81. The van der Waals surface area contributed by atoms with Crippen molar-refractivity contribution >= 4 is 11.9 Å². The Kier molecular flexibility index (Phi) is 5.31. The van der Waals surface area contributed by atoms with Crippen LogP contribution in [-0.4, -0.2) is 27.0 Å². The van der Waals surface area contributed by atoms with Crippen molar-refractivity contribution in [1.29, 1.82) is 0 Å². The van der Waals surface area contributed by atoms with Gasteiger partial charge in [0.2, 0.25) is 11.7 Å². The van der Waals surface area contributed by atoms with Crippen LogP contribution in [0, 0.1) is 5.82 Å². The van der Waals surface area contributed by atoms with E-state index in [-0.39, 0.29) is 30.0 Å². The van der Waals surface area contributed by atoms with E-state index >= 15 is 0 Å². The molecular formula is C22H21FN4O3. The third-order valence-corrected chi connectivity index (χ3v) is 5.21. The van der Waals surface area contributed by atoms with Gasteiger partial charge in [0.05, 0.1) is 0 Å². The van der Waals surface area contributed by atoms with Gasteiger partial charge in [-0.2, -0.15) is 4.98 Å².